The van der Waals surface area contributed by atoms with Gasteiger partial charge < -0.3 is 24.4 Å². The quantitative estimate of drug-likeness (QED) is 0.382. The lowest BCUT2D eigenvalue weighted by molar-refractivity contribution is -0.235. The second-order valence-corrected chi connectivity index (χ2v) is 11.8. The van der Waals surface area contributed by atoms with Gasteiger partial charge in [0.2, 0.25) is 0 Å². The summed E-state index contributed by atoms with van der Waals surface area (Å²) in [5.41, 5.74) is -0.187. The third-order valence-corrected chi connectivity index (χ3v) is 10.8. The SMILES string of the molecule is C[C@H](C(O)CO)[C@H]1CC[C@H]2[C@@H]3[C@@H](OC=O)[C@@H](OC=O)[C@@H]4C[C@H](OC=O)CC[C@]4(C)[C@H]3CC[C@]12C. The Labute approximate surface area is 201 Å². The van der Waals surface area contributed by atoms with Gasteiger partial charge in [-0.25, -0.2) is 0 Å². The van der Waals surface area contributed by atoms with E-state index in [1.807, 2.05) is 6.92 Å². The Morgan fingerprint density at radius 3 is 2.12 bits per heavy atom. The molecule has 0 radical (unpaired) electrons. The Morgan fingerprint density at radius 2 is 1.47 bits per heavy atom. The number of carbonyl (C=O) groups is 3. The molecule has 0 saturated heterocycles. The predicted octanol–water partition coefficient (Wildman–Crippen LogP) is 2.48. The van der Waals surface area contributed by atoms with Gasteiger partial charge in [-0.05, 0) is 79.4 Å². The van der Waals surface area contributed by atoms with Crippen molar-refractivity contribution < 1.29 is 38.8 Å². The summed E-state index contributed by atoms with van der Waals surface area (Å²) in [6.07, 6.45) is 3.96. The molecule has 8 heteroatoms. The Hall–Kier alpha value is -1.67. The molecule has 2 N–H and O–H groups in total. The predicted molar refractivity (Wildman–Crippen MR) is 121 cm³/mol. The summed E-state index contributed by atoms with van der Waals surface area (Å²) >= 11 is 0. The molecule has 192 valence electrons. The minimum Gasteiger partial charge on any atom is -0.465 e. The molecule has 4 rings (SSSR count). The summed E-state index contributed by atoms with van der Waals surface area (Å²) < 4.78 is 16.8. The first-order chi connectivity index (χ1) is 16.3. The second-order valence-electron chi connectivity index (χ2n) is 11.8. The maximum Gasteiger partial charge on any atom is 0.293 e. The zero-order valence-electron chi connectivity index (χ0n) is 20.5. The van der Waals surface area contributed by atoms with Gasteiger partial charge in [-0.2, -0.15) is 0 Å². The lowest BCUT2D eigenvalue weighted by atomic mass is 9.43. The monoisotopic (exact) mass is 480 g/mol. The van der Waals surface area contributed by atoms with E-state index in [0.29, 0.717) is 31.8 Å². The van der Waals surface area contributed by atoms with Gasteiger partial charge in [-0.1, -0.05) is 20.8 Å². The second kappa shape index (κ2) is 9.76. The van der Waals surface area contributed by atoms with Crippen molar-refractivity contribution in [1.29, 1.82) is 0 Å². The lowest BCUT2D eigenvalue weighted by Crippen LogP contribution is -2.65. The number of aliphatic hydroxyl groups is 2. The minimum absolute atomic E-state index is 0.0353. The summed E-state index contributed by atoms with van der Waals surface area (Å²) in [6.45, 7) is 7.76. The topological polar surface area (TPSA) is 119 Å². The third kappa shape index (κ3) is 3.85. The van der Waals surface area contributed by atoms with E-state index in [9.17, 15) is 24.6 Å². The summed E-state index contributed by atoms with van der Waals surface area (Å²) in [5, 5.41) is 20.0. The first-order valence-electron chi connectivity index (χ1n) is 12.8. The van der Waals surface area contributed by atoms with Gasteiger partial charge in [0.15, 0.2) is 0 Å². The molecular formula is C26H40O8. The minimum atomic E-state index is -0.757. The van der Waals surface area contributed by atoms with Crippen LogP contribution in [0.3, 0.4) is 0 Å². The number of fused-ring (bicyclic) bond motifs is 5. The van der Waals surface area contributed by atoms with E-state index in [0.717, 1.165) is 38.5 Å². The highest BCUT2D eigenvalue weighted by molar-refractivity contribution is 5.41. The van der Waals surface area contributed by atoms with E-state index in [1.54, 1.807) is 0 Å². The van der Waals surface area contributed by atoms with Crippen LogP contribution in [0, 0.1) is 46.3 Å². The number of ether oxygens (including phenoxy) is 3. The van der Waals surface area contributed by atoms with E-state index in [1.165, 1.54) is 0 Å². The maximum absolute atomic E-state index is 11.7. The molecule has 0 spiro atoms. The normalized spacial score (nSPS) is 47.2. The molecule has 0 aromatic heterocycles. The lowest BCUT2D eigenvalue weighted by Gasteiger charge is -2.64. The highest BCUT2D eigenvalue weighted by atomic mass is 16.6. The van der Waals surface area contributed by atoms with Crippen molar-refractivity contribution in [2.24, 2.45) is 46.3 Å². The highest BCUT2D eigenvalue weighted by Gasteiger charge is 2.67. The average Bonchev–Trinajstić information content (AvgIpc) is 3.18. The van der Waals surface area contributed by atoms with Gasteiger partial charge in [0.25, 0.3) is 19.4 Å². The number of rotatable bonds is 9. The van der Waals surface area contributed by atoms with Crippen LogP contribution in [0.4, 0.5) is 0 Å². The summed E-state index contributed by atoms with van der Waals surface area (Å²) in [5.74, 6) is 0.744. The molecule has 0 amide bonds. The molecule has 4 fully saturated rings. The van der Waals surface area contributed by atoms with Gasteiger partial charge in [0.05, 0.1) is 12.7 Å². The zero-order valence-corrected chi connectivity index (χ0v) is 20.5. The van der Waals surface area contributed by atoms with Crippen molar-refractivity contribution in [1.82, 2.24) is 0 Å². The van der Waals surface area contributed by atoms with Crippen LogP contribution in [0.25, 0.3) is 0 Å². The van der Waals surface area contributed by atoms with Crippen LogP contribution in [-0.4, -0.2) is 60.7 Å². The Morgan fingerprint density at radius 1 is 0.853 bits per heavy atom. The van der Waals surface area contributed by atoms with Gasteiger partial charge in [0, 0.05) is 11.8 Å². The third-order valence-electron chi connectivity index (χ3n) is 10.8. The first kappa shape index (κ1) is 25.4. The van der Waals surface area contributed by atoms with Crippen molar-refractivity contribution >= 4 is 19.4 Å². The van der Waals surface area contributed by atoms with Crippen LogP contribution in [-0.2, 0) is 28.6 Å². The fourth-order valence-corrected chi connectivity index (χ4v) is 9.18. The maximum atomic E-state index is 11.7. The Balaban J connectivity index is 1.72. The number of hydrogen-bond acceptors (Lipinski definition) is 8. The molecule has 4 aliphatic rings. The summed E-state index contributed by atoms with van der Waals surface area (Å²) in [4.78, 5) is 34.3. The van der Waals surface area contributed by atoms with Crippen molar-refractivity contribution in [3.05, 3.63) is 0 Å². The molecule has 0 aromatic carbocycles. The molecule has 0 aliphatic heterocycles. The van der Waals surface area contributed by atoms with E-state index >= 15 is 0 Å². The van der Waals surface area contributed by atoms with Crippen LogP contribution < -0.4 is 0 Å². The number of aliphatic hydroxyl groups excluding tert-OH is 2. The van der Waals surface area contributed by atoms with E-state index < -0.39 is 18.3 Å². The molecule has 0 aromatic rings. The number of carbonyl (C=O) groups excluding carboxylic acids is 3. The first-order valence-corrected chi connectivity index (χ1v) is 12.8. The van der Waals surface area contributed by atoms with E-state index in [-0.39, 0.29) is 53.1 Å². The van der Waals surface area contributed by atoms with Gasteiger partial charge in [0.1, 0.15) is 18.3 Å². The van der Waals surface area contributed by atoms with E-state index in [4.69, 9.17) is 14.2 Å². The molecule has 0 heterocycles. The highest BCUT2D eigenvalue weighted by Crippen LogP contribution is 2.69. The van der Waals surface area contributed by atoms with Crippen LogP contribution in [0.15, 0.2) is 0 Å². The van der Waals surface area contributed by atoms with Crippen molar-refractivity contribution in [2.45, 2.75) is 90.1 Å². The number of hydrogen-bond donors (Lipinski definition) is 2. The molecular weight excluding hydrogens is 440 g/mol. The largest absolute Gasteiger partial charge is 0.465 e. The fourth-order valence-electron chi connectivity index (χ4n) is 9.18. The summed E-state index contributed by atoms with van der Waals surface area (Å²) in [7, 11) is 0. The Bertz CT molecular complexity index is 759. The average molecular weight is 481 g/mol. The Kier molecular flexibility index (Phi) is 7.30. The fraction of sp³-hybridized carbons (Fsp3) is 0.885. The van der Waals surface area contributed by atoms with Crippen molar-refractivity contribution in [2.75, 3.05) is 6.61 Å². The standard InChI is InChI=1S/C26H40O8/c1-15(21(31)11-27)17-4-5-18-22-19(7-9-25(17,18)2)26(3)8-6-16(32-12-28)10-20(26)23(33-13-29)24(22)34-14-30/h12-24,27,31H,4-11H2,1-3H3/t15-,16+,17+,18-,19-,20-,21?,22-,23-,24+,25+,26+/m0/s1. The van der Waals surface area contributed by atoms with E-state index in [2.05, 4.69) is 13.8 Å². The van der Waals surface area contributed by atoms with Gasteiger partial charge in [-0.3, -0.25) is 14.4 Å². The zero-order chi connectivity index (χ0) is 24.7. The van der Waals surface area contributed by atoms with Gasteiger partial charge >= 0.3 is 0 Å². The van der Waals surface area contributed by atoms with Crippen LogP contribution in [0.2, 0.25) is 0 Å². The summed E-state index contributed by atoms with van der Waals surface area (Å²) in [6, 6.07) is 0. The molecule has 4 saturated carbocycles. The molecule has 4 aliphatic carbocycles. The molecule has 0 bridgehead atoms. The molecule has 34 heavy (non-hydrogen) atoms. The smallest absolute Gasteiger partial charge is 0.293 e. The molecule has 12 atom stereocenters. The van der Waals surface area contributed by atoms with Crippen LogP contribution >= 0.6 is 0 Å². The van der Waals surface area contributed by atoms with Gasteiger partial charge in [-0.15, -0.1) is 0 Å². The van der Waals surface area contributed by atoms with Crippen LogP contribution in [0.1, 0.15) is 65.7 Å². The van der Waals surface area contributed by atoms with Crippen molar-refractivity contribution in [3.8, 4) is 0 Å². The molecule has 8 nitrogen and oxygen atoms in total. The molecule has 1 unspecified atom stereocenters. The van der Waals surface area contributed by atoms with Crippen molar-refractivity contribution in [3.63, 3.8) is 0 Å². The van der Waals surface area contributed by atoms with Crippen LogP contribution in [0.5, 0.6) is 0 Å².